The van der Waals surface area contributed by atoms with Crippen LogP contribution in [0, 0.1) is 6.92 Å². The van der Waals surface area contributed by atoms with Crippen LogP contribution in [-0.2, 0) is 0 Å². The molecule has 0 saturated heterocycles. The molecular formula is C12H12O2S. The van der Waals surface area contributed by atoms with Gasteiger partial charge in [-0.3, -0.25) is 0 Å². The van der Waals surface area contributed by atoms with E-state index in [1.54, 1.807) is 24.5 Å². The highest BCUT2D eigenvalue weighted by atomic mass is 32.1. The first-order valence-corrected chi connectivity index (χ1v) is 5.52. The number of phenols is 1. The van der Waals surface area contributed by atoms with E-state index in [0.717, 1.165) is 11.1 Å². The van der Waals surface area contributed by atoms with Crippen LogP contribution < -0.4 is 4.74 Å². The van der Waals surface area contributed by atoms with Gasteiger partial charge in [-0.15, -0.1) is 11.3 Å². The number of aromatic hydroxyl groups is 1. The first kappa shape index (κ1) is 10.1. The number of para-hydroxylation sites is 1. The van der Waals surface area contributed by atoms with E-state index < -0.39 is 0 Å². The van der Waals surface area contributed by atoms with E-state index in [9.17, 15) is 5.11 Å². The van der Waals surface area contributed by atoms with Crippen molar-refractivity contribution in [3.05, 3.63) is 34.5 Å². The molecule has 0 saturated carbocycles. The van der Waals surface area contributed by atoms with Gasteiger partial charge in [0.25, 0.3) is 0 Å². The minimum absolute atomic E-state index is 0.206. The van der Waals surface area contributed by atoms with E-state index in [1.807, 2.05) is 24.4 Å². The van der Waals surface area contributed by atoms with Gasteiger partial charge in [0.2, 0.25) is 0 Å². The van der Waals surface area contributed by atoms with E-state index in [1.165, 1.54) is 4.88 Å². The van der Waals surface area contributed by atoms with Crippen molar-refractivity contribution in [2.45, 2.75) is 6.92 Å². The predicted octanol–water partition coefficient (Wildman–Crippen LogP) is 3.44. The van der Waals surface area contributed by atoms with Gasteiger partial charge in [0, 0.05) is 10.4 Å². The van der Waals surface area contributed by atoms with Crippen LogP contribution in [0.25, 0.3) is 11.1 Å². The zero-order valence-corrected chi connectivity index (χ0v) is 9.47. The smallest absolute Gasteiger partial charge is 0.165 e. The fourth-order valence-corrected chi connectivity index (χ4v) is 2.21. The minimum Gasteiger partial charge on any atom is -0.504 e. The molecule has 0 atom stereocenters. The lowest BCUT2D eigenvalue weighted by atomic mass is 10.1. The largest absolute Gasteiger partial charge is 0.504 e. The molecule has 1 heterocycles. The minimum atomic E-state index is 0.206. The molecule has 3 heteroatoms. The van der Waals surface area contributed by atoms with Crippen molar-refractivity contribution in [1.82, 2.24) is 0 Å². The molecule has 0 amide bonds. The SMILES string of the molecule is COc1cccc(-c2csc(C)c2)c1O. The number of methoxy groups -OCH3 is 1. The summed E-state index contributed by atoms with van der Waals surface area (Å²) in [6.45, 7) is 2.05. The fraction of sp³-hybridized carbons (Fsp3) is 0.167. The molecule has 78 valence electrons. The van der Waals surface area contributed by atoms with Crippen molar-refractivity contribution in [3.63, 3.8) is 0 Å². The van der Waals surface area contributed by atoms with Crippen LogP contribution >= 0.6 is 11.3 Å². The summed E-state index contributed by atoms with van der Waals surface area (Å²) in [5.74, 6) is 0.717. The van der Waals surface area contributed by atoms with Gasteiger partial charge in [0.15, 0.2) is 11.5 Å². The second kappa shape index (κ2) is 3.95. The van der Waals surface area contributed by atoms with Gasteiger partial charge in [-0.05, 0) is 30.0 Å². The van der Waals surface area contributed by atoms with Gasteiger partial charge in [-0.1, -0.05) is 12.1 Å². The topological polar surface area (TPSA) is 29.5 Å². The van der Waals surface area contributed by atoms with E-state index >= 15 is 0 Å². The van der Waals surface area contributed by atoms with Crippen LogP contribution in [-0.4, -0.2) is 12.2 Å². The quantitative estimate of drug-likeness (QED) is 0.840. The maximum absolute atomic E-state index is 9.93. The molecule has 0 aliphatic carbocycles. The van der Waals surface area contributed by atoms with Crippen molar-refractivity contribution in [3.8, 4) is 22.6 Å². The van der Waals surface area contributed by atoms with Gasteiger partial charge in [-0.25, -0.2) is 0 Å². The number of thiophene rings is 1. The Hall–Kier alpha value is -1.48. The molecule has 2 nitrogen and oxygen atoms in total. The summed E-state index contributed by atoms with van der Waals surface area (Å²) in [6, 6.07) is 7.57. The number of hydrogen-bond donors (Lipinski definition) is 1. The van der Waals surface area contributed by atoms with Crippen LogP contribution in [0.2, 0.25) is 0 Å². The summed E-state index contributed by atoms with van der Waals surface area (Å²) < 4.78 is 5.07. The monoisotopic (exact) mass is 220 g/mol. The molecule has 0 fully saturated rings. The van der Waals surface area contributed by atoms with E-state index in [-0.39, 0.29) is 5.75 Å². The molecule has 0 spiro atoms. The summed E-state index contributed by atoms with van der Waals surface area (Å²) >= 11 is 1.67. The van der Waals surface area contributed by atoms with Crippen molar-refractivity contribution in [2.75, 3.05) is 7.11 Å². The zero-order valence-electron chi connectivity index (χ0n) is 8.65. The molecule has 2 aromatic rings. The molecule has 0 aliphatic heterocycles. The zero-order chi connectivity index (χ0) is 10.8. The van der Waals surface area contributed by atoms with Crippen LogP contribution in [0.4, 0.5) is 0 Å². The Bertz CT molecular complexity index is 474. The van der Waals surface area contributed by atoms with E-state index in [2.05, 4.69) is 6.07 Å². The first-order valence-electron chi connectivity index (χ1n) is 4.64. The Morgan fingerprint density at radius 3 is 2.73 bits per heavy atom. The van der Waals surface area contributed by atoms with Crippen molar-refractivity contribution in [1.29, 1.82) is 0 Å². The number of benzene rings is 1. The highest BCUT2D eigenvalue weighted by Gasteiger charge is 2.09. The molecule has 0 radical (unpaired) electrons. The number of phenolic OH excluding ortho intramolecular Hbond substituents is 1. The van der Waals surface area contributed by atoms with Crippen molar-refractivity contribution >= 4 is 11.3 Å². The number of hydrogen-bond acceptors (Lipinski definition) is 3. The summed E-state index contributed by atoms with van der Waals surface area (Å²) in [5.41, 5.74) is 1.85. The molecule has 0 aliphatic rings. The van der Waals surface area contributed by atoms with Gasteiger partial charge < -0.3 is 9.84 Å². The van der Waals surface area contributed by atoms with Crippen molar-refractivity contribution < 1.29 is 9.84 Å². The summed E-state index contributed by atoms with van der Waals surface area (Å²) in [6.07, 6.45) is 0. The molecule has 1 N–H and O–H groups in total. The van der Waals surface area contributed by atoms with E-state index in [0.29, 0.717) is 5.75 Å². The molecule has 15 heavy (non-hydrogen) atoms. The Morgan fingerprint density at radius 1 is 1.33 bits per heavy atom. The van der Waals surface area contributed by atoms with Gasteiger partial charge >= 0.3 is 0 Å². The number of ether oxygens (including phenoxy) is 1. The van der Waals surface area contributed by atoms with Crippen molar-refractivity contribution in [2.24, 2.45) is 0 Å². The highest BCUT2D eigenvalue weighted by molar-refractivity contribution is 7.10. The third-order valence-corrected chi connectivity index (χ3v) is 3.12. The molecule has 2 rings (SSSR count). The lowest BCUT2D eigenvalue weighted by Gasteiger charge is -2.06. The lowest BCUT2D eigenvalue weighted by molar-refractivity contribution is 0.374. The average molecular weight is 220 g/mol. The van der Waals surface area contributed by atoms with Crippen LogP contribution in [0.15, 0.2) is 29.6 Å². The van der Waals surface area contributed by atoms with Gasteiger partial charge in [-0.2, -0.15) is 0 Å². The Labute approximate surface area is 92.8 Å². The average Bonchev–Trinajstić information content (AvgIpc) is 2.65. The standard InChI is InChI=1S/C12H12O2S/c1-8-6-9(7-15-8)10-4-3-5-11(14-2)12(10)13/h3-7,13H,1-2H3. The second-order valence-corrected chi connectivity index (χ2v) is 4.42. The summed E-state index contributed by atoms with van der Waals surface area (Å²) in [4.78, 5) is 1.23. The molecule has 1 aromatic heterocycles. The Morgan fingerprint density at radius 2 is 2.13 bits per heavy atom. The fourth-order valence-electron chi connectivity index (χ4n) is 1.50. The first-order chi connectivity index (χ1) is 7.22. The van der Waals surface area contributed by atoms with Crippen LogP contribution in [0.5, 0.6) is 11.5 Å². The summed E-state index contributed by atoms with van der Waals surface area (Å²) in [7, 11) is 1.55. The van der Waals surface area contributed by atoms with Crippen LogP contribution in [0.3, 0.4) is 0 Å². The van der Waals surface area contributed by atoms with Crippen LogP contribution in [0.1, 0.15) is 4.88 Å². The second-order valence-electron chi connectivity index (χ2n) is 3.30. The Kier molecular flexibility index (Phi) is 2.64. The number of aryl methyl sites for hydroxylation is 1. The maximum Gasteiger partial charge on any atom is 0.165 e. The third-order valence-electron chi connectivity index (χ3n) is 2.26. The molecule has 0 unspecified atom stereocenters. The Balaban J connectivity index is 2.53. The normalized spacial score (nSPS) is 10.3. The van der Waals surface area contributed by atoms with Gasteiger partial charge in [0.05, 0.1) is 7.11 Å². The molecule has 1 aromatic carbocycles. The van der Waals surface area contributed by atoms with Gasteiger partial charge in [0.1, 0.15) is 0 Å². The summed E-state index contributed by atoms with van der Waals surface area (Å²) in [5, 5.41) is 12.0. The third kappa shape index (κ3) is 1.83. The number of rotatable bonds is 2. The highest BCUT2D eigenvalue weighted by Crippen LogP contribution is 2.38. The molecular weight excluding hydrogens is 208 g/mol. The van der Waals surface area contributed by atoms with E-state index in [4.69, 9.17) is 4.74 Å². The maximum atomic E-state index is 9.93. The molecule has 0 bridgehead atoms. The predicted molar refractivity (Wildman–Crippen MR) is 62.7 cm³/mol. The lowest BCUT2D eigenvalue weighted by Crippen LogP contribution is -1.85.